The van der Waals surface area contributed by atoms with Crippen molar-refractivity contribution in [2.45, 2.75) is 18.0 Å². The normalized spacial score (nSPS) is 21.5. The predicted molar refractivity (Wildman–Crippen MR) is 117 cm³/mol. The smallest absolute Gasteiger partial charge is 0.322 e. The lowest BCUT2D eigenvalue weighted by Crippen LogP contribution is -2.71. The number of anilines is 2. The molecular weight excluding hydrogens is 392 g/mol. The van der Waals surface area contributed by atoms with Crippen LogP contribution >= 0.6 is 0 Å². The van der Waals surface area contributed by atoms with Crippen LogP contribution in [0.25, 0.3) is 0 Å². The molecule has 2 aromatic carbocycles. The number of likely N-dealkylation sites (tertiary alicyclic amines) is 1. The van der Waals surface area contributed by atoms with E-state index in [1.54, 1.807) is 34.3 Å². The van der Waals surface area contributed by atoms with Crippen LogP contribution in [0.5, 0.6) is 0 Å². The monoisotopic (exact) mass is 414 g/mol. The molecule has 5 rings (SSSR count). The first-order valence-corrected chi connectivity index (χ1v) is 10.2. The number of pyridine rings is 1. The Hall–Kier alpha value is -3.71. The Morgan fingerprint density at radius 3 is 2.55 bits per heavy atom. The van der Waals surface area contributed by atoms with Crippen molar-refractivity contribution in [1.29, 1.82) is 0 Å². The van der Waals surface area contributed by atoms with E-state index in [9.17, 15) is 14.7 Å². The minimum Gasteiger partial charge on any atom is -0.394 e. The summed E-state index contributed by atoms with van der Waals surface area (Å²) in [5.74, 6) is -0.185. The number of amides is 3. The van der Waals surface area contributed by atoms with Gasteiger partial charge in [-0.3, -0.25) is 9.78 Å². The summed E-state index contributed by atoms with van der Waals surface area (Å²) < 4.78 is 0. The molecule has 7 heteroatoms. The van der Waals surface area contributed by atoms with E-state index in [0.29, 0.717) is 17.8 Å². The number of aromatic nitrogens is 1. The third kappa shape index (κ3) is 3.23. The van der Waals surface area contributed by atoms with Crippen LogP contribution in [0.1, 0.15) is 21.8 Å². The summed E-state index contributed by atoms with van der Waals surface area (Å²) in [6, 6.07) is 19.6. The molecule has 0 unspecified atom stereocenters. The number of benzene rings is 2. The first-order chi connectivity index (χ1) is 15.2. The van der Waals surface area contributed by atoms with Gasteiger partial charge in [0.05, 0.1) is 24.3 Å². The van der Waals surface area contributed by atoms with E-state index in [4.69, 9.17) is 0 Å². The van der Waals surface area contributed by atoms with Crippen molar-refractivity contribution in [2.75, 3.05) is 23.4 Å². The molecule has 3 aromatic rings. The van der Waals surface area contributed by atoms with Crippen molar-refractivity contribution < 1.29 is 14.7 Å². The highest BCUT2D eigenvalue weighted by Crippen LogP contribution is 2.48. The number of nitrogens with one attached hydrogen (secondary N) is 1. The molecule has 0 bridgehead atoms. The van der Waals surface area contributed by atoms with Gasteiger partial charge < -0.3 is 20.2 Å². The van der Waals surface area contributed by atoms with E-state index in [0.717, 1.165) is 11.3 Å². The minimum absolute atomic E-state index is 0.0272. The number of hydrogen-bond acceptors (Lipinski definition) is 4. The van der Waals surface area contributed by atoms with Gasteiger partial charge in [0.25, 0.3) is 5.91 Å². The Balaban J connectivity index is 1.47. The molecule has 0 spiro atoms. The Morgan fingerprint density at radius 2 is 1.81 bits per heavy atom. The van der Waals surface area contributed by atoms with Crippen LogP contribution in [-0.4, -0.2) is 52.2 Å². The molecule has 2 aliphatic rings. The minimum atomic E-state index is -0.342. The molecule has 156 valence electrons. The molecule has 1 aromatic heterocycles. The molecule has 0 saturated carbocycles. The van der Waals surface area contributed by atoms with Crippen LogP contribution in [0.4, 0.5) is 16.2 Å². The van der Waals surface area contributed by atoms with Gasteiger partial charge in [-0.25, -0.2) is 4.79 Å². The van der Waals surface area contributed by atoms with E-state index in [2.05, 4.69) is 10.3 Å². The van der Waals surface area contributed by atoms with E-state index in [1.165, 1.54) is 0 Å². The van der Waals surface area contributed by atoms with Gasteiger partial charge in [0.15, 0.2) is 0 Å². The number of aliphatic hydroxyl groups is 1. The zero-order valence-corrected chi connectivity index (χ0v) is 16.8. The number of aliphatic hydroxyl groups excluding tert-OH is 1. The number of nitrogens with zero attached hydrogens (tertiary/aromatic N) is 3. The van der Waals surface area contributed by atoms with Gasteiger partial charge in [0.1, 0.15) is 0 Å². The average Bonchev–Trinajstić information content (AvgIpc) is 2.80. The van der Waals surface area contributed by atoms with Crippen molar-refractivity contribution in [3.8, 4) is 0 Å². The van der Waals surface area contributed by atoms with Crippen molar-refractivity contribution in [1.82, 2.24) is 9.88 Å². The summed E-state index contributed by atoms with van der Waals surface area (Å²) in [6.45, 7) is 0.211. The van der Waals surface area contributed by atoms with Crippen LogP contribution < -0.4 is 10.2 Å². The molecule has 7 nitrogen and oxygen atoms in total. The van der Waals surface area contributed by atoms with Gasteiger partial charge in [0, 0.05) is 36.2 Å². The van der Waals surface area contributed by atoms with Crippen LogP contribution in [0, 0.1) is 0 Å². The van der Waals surface area contributed by atoms with Gasteiger partial charge in [-0.2, -0.15) is 0 Å². The van der Waals surface area contributed by atoms with Gasteiger partial charge in [-0.1, -0.05) is 36.4 Å². The number of fused-ring (bicyclic) bond motifs is 3. The predicted octanol–water partition coefficient (Wildman–Crippen LogP) is 3.10. The van der Waals surface area contributed by atoms with Crippen LogP contribution in [0.3, 0.4) is 0 Å². The lowest BCUT2D eigenvalue weighted by Gasteiger charge is -2.58. The molecule has 2 N–H and O–H groups in total. The molecular formula is C24H22N4O3. The van der Waals surface area contributed by atoms with Crippen LogP contribution in [-0.2, 0) is 0 Å². The number of urea groups is 1. The maximum atomic E-state index is 13.3. The van der Waals surface area contributed by atoms with E-state index in [1.807, 2.05) is 54.6 Å². The second-order valence-corrected chi connectivity index (χ2v) is 7.76. The molecule has 0 aliphatic carbocycles. The van der Waals surface area contributed by atoms with Crippen molar-refractivity contribution >= 4 is 23.3 Å². The van der Waals surface area contributed by atoms with Crippen LogP contribution in [0.15, 0.2) is 79.1 Å². The van der Waals surface area contributed by atoms with Gasteiger partial charge >= 0.3 is 6.03 Å². The summed E-state index contributed by atoms with van der Waals surface area (Å²) in [6.07, 6.45) is 3.18. The highest BCUT2D eigenvalue weighted by Gasteiger charge is 2.55. The number of rotatable bonds is 3. The maximum Gasteiger partial charge on any atom is 0.322 e. The Bertz CT molecular complexity index is 1110. The van der Waals surface area contributed by atoms with Crippen molar-refractivity contribution in [3.05, 3.63) is 90.3 Å². The van der Waals surface area contributed by atoms with Crippen LogP contribution in [0.2, 0.25) is 0 Å². The standard InChI is InChI=1S/C24H22N4O3/c29-15-21-22-18-10-4-5-11-19(18)27(23(30)16-7-6-12-25-13-16)14-20(22)28(21)24(31)26-17-8-2-1-3-9-17/h1-13,20-22,29H,14-15H2,(H,26,31)/t20-,21-,22+/m0/s1. The summed E-state index contributed by atoms with van der Waals surface area (Å²) in [4.78, 5) is 33.8. The quantitative estimate of drug-likeness (QED) is 0.690. The largest absolute Gasteiger partial charge is 0.394 e. The van der Waals surface area contributed by atoms with Gasteiger partial charge in [0.2, 0.25) is 0 Å². The lowest BCUT2D eigenvalue weighted by atomic mass is 9.72. The summed E-state index contributed by atoms with van der Waals surface area (Å²) in [5, 5.41) is 13.0. The fourth-order valence-corrected chi connectivity index (χ4v) is 4.71. The second-order valence-electron chi connectivity index (χ2n) is 7.76. The zero-order valence-electron chi connectivity index (χ0n) is 16.8. The molecule has 2 aliphatic heterocycles. The Morgan fingerprint density at radius 1 is 1.03 bits per heavy atom. The topological polar surface area (TPSA) is 85.8 Å². The number of hydrogen-bond donors (Lipinski definition) is 2. The van der Waals surface area contributed by atoms with Crippen molar-refractivity contribution in [2.24, 2.45) is 0 Å². The molecule has 0 radical (unpaired) electrons. The highest BCUT2D eigenvalue weighted by atomic mass is 16.3. The molecule has 3 atom stereocenters. The zero-order chi connectivity index (χ0) is 21.4. The summed E-state index contributed by atoms with van der Waals surface area (Å²) >= 11 is 0. The fraction of sp³-hybridized carbons (Fsp3) is 0.208. The molecule has 31 heavy (non-hydrogen) atoms. The van der Waals surface area contributed by atoms with Gasteiger partial charge in [-0.15, -0.1) is 0 Å². The summed E-state index contributed by atoms with van der Waals surface area (Å²) in [5.41, 5.74) is 2.97. The number of para-hydroxylation sites is 2. The third-order valence-corrected chi connectivity index (χ3v) is 6.10. The van der Waals surface area contributed by atoms with E-state index in [-0.39, 0.29) is 36.5 Å². The fourth-order valence-electron chi connectivity index (χ4n) is 4.71. The van der Waals surface area contributed by atoms with Gasteiger partial charge in [-0.05, 0) is 35.9 Å². The SMILES string of the molecule is O=C(c1cccnc1)N1C[C@H]2[C@@H](c3ccccc31)[C@H](CO)N2C(=O)Nc1ccccc1. The number of carbonyl (C=O) groups excluding carboxylic acids is 2. The van der Waals surface area contributed by atoms with Crippen molar-refractivity contribution in [3.63, 3.8) is 0 Å². The first-order valence-electron chi connectivity index (χ1n) is 10.2. The first kappa shape index (κ1) is 19.3. The highest BCUT2D eigenvalue weighted by molar-refractivity contribution is 6.07. The Kier molecular flexibility index (Phi) is 4.88. The maximum absolute atomic E-state index is 13.3. The van der Waals surface area contributed by atoms with E-state index < -0.39 is 0 Å². The lowest BCUT2D eigenvalue weighted by molar-refractivity contribution is -0.00265. The molecule has 1 fully saturated rings. The average molecular weight is 414 g/mol. The Labute approximate surface area is 179 Å². The summed E-state index contributed by atoms with van der Waals surface area (Å²) in [7, 11) is 0. The molecule has 3 amide bonds. The molecule has 3 heterocycles. The number of carbonyl (C=O) groups is 2. The third-order valence-electron chi connectivity index (χ3n) is 6.10. The second kappa shape index (κ2) is 7.85. The van der Waals surface area contributed by atoms with E-state index >= 15 is 0 Å². The molecule has 1 saturated heterocycles.